The fraction of sp³-hybridized carbons (Fsp3) is 0.400. The molecule has 2 atom stereocenters. The van der Waals surface area contributed by atoms with Crippen molar-refractivity contribution in [3.8, 4) is 11.5 Å². The van der Waals surface area contributed by atoms with Crippen molar-refractivity contribution in [1.82, 2.24) is 0 Å². The third-order valence-corrected chi connectivity index (χ3v) is 6.05. The van der Waals surface area contributed by atoms with Crippen LogP contribution in [0, 0.1) is 7.14 Å². The van der Waals surface area contributed by atoms with E-state index in [2.05, 4.69) is 81.6 Å². The summed E-state index contributed by atoms with van der Waals surface area (Å²) >= 11 is 4.69. The summed E-state index contributed by atoms with van der Waals surface area (Å²) in [7, 11) is 0. The van der Waals surface area contributed by atoms with Gasteiger partial charge in [0, 0.05) is 7.14 Å². The molecular weight excluding hydrogens is 542 g/mol. The average Bonchev–Trinajstić information content (AvgIpc) is 2.62. The van der Waals surface area contributed by atoms with Gasteiger partial charge in [-0.2, -0.15) is 0 Å². The summed E-state index contributed by atoms with van der Waals surface area (Å²) in [4.78, 5) is 0. The Morgan fingerprint density at radius 1 is 0.800 bits per heavy atom. The highest BCUT2D eigenvalue weighted by Crippen LogP contribution is 2.30. The van der Waals surface area contributed by atoms with Crippen LogP contribution in [0.5, 0.6) is 11.5 Å². The van der Waals surface area contributed by atoms with Gasteiger partial charge >= 0.3 is 0 Å². The summed E-state index contributed by atoms with van der Waals surface area (Å²) in [6, 6.07) is 12.8. The zero-order valence-electron chi connectivity index (χ0n) is 13.8. The molecule has 0 aliphatic carbocycles. The van der Waals surface area contributed by atoms with E-state index in [-0.39, 0.29) is 12.2 Å². The number of aryl methyl sites for hydroxylation is 2. The van der Waals surface area contributed by atoms with Gasteiger partial charge in [0.05, 0.1) is 13.2 Å². The van der Waals surface area contributed by atoms with Gasteiger partial charge in [0.15, 0.2) is 0 Å². The van der Waals surface area contributed by atoms with E-state index in [1.807, 2.05) is 0 Å². The Hall–Kier alpha value is -0.540. The molecule has 5 heteroatoms. The van der Waals surface area contributed by atoms with Gasteiger partial charge in [-0.3, -0.25) is 0 Å². The van der Waals surface area contributed by atoms with Crippen LogP contribution in [-0.4, -0.2) is 25.4 Å². The van der Waals surface area contributed by atoms with E-state index in [0.717, 1.165) is 37.2 Å². The van der Waals surface area contributed by atoms with E-state index < -0.39 is 0 Å². The Morgan fingerprint density at radius 3 is 1.76 bits per heavy atom. The average molecular weight is 562 g/mol. The summed E-state index contributed by atoms with van der Waals surface area (Å²) in [5, 5.41) is 0. The van der Waals surface area contributed by atoms with Crippen LogP contribution in [0.4, 0.5) is 0 Å². The molecule has 132 valence electrons. The second kappa shape index (κ2) is 8.00. The molecule has 2 aromatic rings. The molecule has 2 aromatic carbocycles. The number of ether oxygens (including phenoxy) is 3. The Labute approximate surface area is 175 Å². The van der Waals surface area contributed by atoms with Gasteiger partial charge in [0.2, 0.25) is 0 Å². The Balaban J connectivity index is 1.26. The van der Waals surface area contributed by atoms with Crippen molar-refractivity contribution in [2.45, 2.75) is 37.9 Å². The van der Waals surface area contributed by atoms with Crippen LogP contribution in [0.15, 0.2) is 36.4 Å². The van der Waals surface area contributed by atoms with Crippen molar-refractivity contribution in [2.75, 3.05) is 13.2 Å². The smallest absolute Gasteiger partial charge is 0.123 e. The van der Waals surface area contributed by atoms with Gasteiger partial charge in [0.25, 0.3) is 0 Å². The number of halogens is 2. The monoisotopic (exact) mass is 562 g/mol. The first kappa shape index (κ1) is 17.9. The highest BCUT2D eigenvalue weighted by Gasteiger charge is 2.23. The molecule has 0 saturated heterocycles. The summed E-state index contributed by atoms with van der Waals surface area (Å²) < 4.78 is 20.6. The Kier molecular flexibility index (Phi) is 5.71. The maximum Gasteiger partial charge on any atom is 0.123 e. The number of fused-ring (bicyclic) bond motifs is 2. The van der Waals surface area contributed by atoms with Gasteiger partial charge in [-0.15, -0.1) is 0 Å². The fourth-order valence-electron chi connectivity index (χ4n) is 3.39. The van der Waals surface area contributed by atoms with E-state index in [1.165, 1.54) is 18.3 Å². The molecule has 0 fully saturated rings. The Morgan fingerprint density at radius 2 is 1.28 bits per heavy atom. The number of rotatable bonds is 4. The summed E-state index contributed by atoms with van der Waals surface area (Å²) in [6.45, 7) is 1.26. The molecule has 0 amide bonds. The van der Waals surface area contributed by atoms with Crippen LogP contribution in [0.25, 0.3) is 0 Å². The molecular formula is C20H20I2O3. The molecule has 0 saturated carbocycles. The fourth-order valence-corrected chi connectivity index (χ4v) is 4.50. The van der Waals surface area contributed by atoms with E-state index in [0.29, 0.717) is 13.2 Å². The molecule has 0 bridgehead atoms. The first-order valence-electron chi connectivity index (χ1n) is 8.65. The Bertz CT molecular complexity index is 699. The highest BCUT2D eigenvalue weighted by molar-refractivity contribution is 14.1. The quantitative estimate of drug-likeness (QED) is 0.492. The maximum atomic E-state index is 6.08. The SMILES string of the molecule is Ic1ccc2c(c1)CC[C@H](COC[C@H]1CCc3cc(I)ccc3O1)O2. The number of hydrogen-bond donors (Lipinski definition) is 0. The van der Waals surface area contributed by atoms with Gasteiger partial charge in [0.1, 0.15) is 23.7 Å². The normalized spacial score (nSPS) is 21.7. The number of hydrogen-bond acceptors (Lipinski definition) is 3. The van der Waals surface area contributed by atoms with Crippen LogP contribution in [0.2, 0.25) is 0 Å². The second-order valence-electron chi connectivity index (χ2n) is 6.60. The van der Waals surface area contributed by atoms with Crippen molar-refractivity contribution in [3.63, 3.8) is 0 Å². The minimum Gasteiger partial charge on any atom is -0.488 e. The molecule has 2 heterocycles. The largest absolute Gasteiger partial charge is 0.488 e. The predicted molar refractivity (Wildman–Crippen MR) is 115 cm³/mol. The first-order chi connectivity index (χ1) is 12.2. The molecule has 25 heavy (non-hydrogen) atoms. The van der Waals surface area contributed by atoms with Gasteiger partial charge in [-0.05, 0) is 118 Å². The van der Waals surface area contributed by atoms with E-state index in [1.54, 1.807) is 0 Å². The minimum absolute atomic E-state index is 0.144. The van der Waals surface area contributed by atoms with Gasteiger partial charge in [-0.25, -0.2) is 0 Å². The zero-order chi connectivity index (χ0) is 17.2. The third kappa shape index (κ3) is 4.42. The number of benzene rings is 2. The van der Waals surface area contributed by atoms with Crippen molar-refractivity contribution >= 4 is 45.2 Å². The summed E-state index contributed by atoms with van der Waals surface area (Å²) in [5.41, 5.74) is 2.62. The van der Waals surface area contributed by atoms with E-state index in [4.69, 9.17) is 14.2 Å². The molecule has 0 unspecified atom stereocenters. The second-order valence-corrected chi connectivity index (χ2v) is 9.09. The first-order valence-corrected chi connectivity index (χ1v) is 10.8. The lowest BCUT2D eigenvalue weighted by atomic mass is 10.0. The lowest BCUT2D eigenvalue weighted by Gasteiger charge is -2.28. The highest BCUT2D eigenvalue weighted by atomic mass is 127. The summed E-state index contributed by atoms with van der Waals surface area (Å²) in [5.74, 6) is 2.02. The van der Waals surface area contributed by atoms with E-state index in [9.17, 15) is 0 Å². The third-order valence-electron chi connectivity index (χ3n) is 4.71. The molecule has 0 spiro atoms. The van der Waals surface area contributed by atoms with Gasteiger partial charge in [-0.1, -0.05) is 0 Å². The zero-order valence-corrected chi connectivity index (χ0v) is 18.2. The molecule has 2 aliphatic rings. The molecule has 0 aromatic heterocycles. The van der Waals surface area contributed by atoms with Crippen molar-refractivity contribution in [1.29, 1.82) is 0 Å². The van der Waals surface area contributed by atoms with Crippen LogP contribution >= 0.6 is 45.2 Å². The van der Waals surface area contributed by atoms with Crippen molar-refractivity contribution in [2.24, 2.45) is 0 Å². The molecule has 2 aliphatic heterocycles. The molecule has 3 nitrogen and oxygen atoms in total. The molecule has 0 N–H and O–H groups in total. The van der Waals surface area contributed by atoms with Crippen molar-refractivity contribution in [3.05, 3.63) is 54.7 Å². The minimum atomic E-state index is 0.144. The molecule has 0 radical (unpaired) electrons. The summed E-state index contributed by atoms with van der Waals surface area (Å²) in [6.07, 6.45) is 4.44. The van der Waals surface area contributed by atoms with Gasteiger partial charge < -0.3 is 14.2 Å². The van der Waals surface area contributed by atoms with Crippen LogP contribution in [0.1, 0.15) is 24.0 Å². The van der Waals surface area contributed by atoms with Crippen LogP contribution < -0.4 is 9.47 Å². The van der Waals surface area contributed by atoms with Crippen LogP contribution in [-0.2, 0) is 17.6 Å². The maximum absolute atomic E-state index is 6.08. The van der Waals surface area contributed by atoms with E-state index >= 15 is 0 Å². The predicted octanol–water partition coefficient (Wildman–Crippen LogP) is 5.00. The lowest BCUT2D eigenvalue weighted by Crippen LogP contribution is -2.32. The van der Waals surface area contributed by atoms with Crippen LogP contribution in [0.3, 0.4) is 0 Å². The van der Waals surface area contributed by atoms with Crippen molar-refractivity contribution < 1.29 is 14.2 Å². The molecule has 4 rings (SSSR count). The topological polar surface area (TPSA) is 27.7 Å². The standard InChI is InChI=1S/C20H20I2O3/c21-15-3-7-19-13(9-15)1-5-17(24-19)11-23-12-18-6-2-14-10-16(22)4-8-20(14)25-18/h3-4,7-10,17-18H,1-2,5-6,11-12H2/t17-,18-/m1/s1. The lowest BCUT2D eigenvalue weighted by molar-refractivity contribution is -0.00266.